The second kappa shape index (κ2) is 3.82. The minimum atomic E-state index is 0.155. The molecule has 0 spiro atoms. The van der Waals surface area contributed by atoms with Gasteiger partial charge >= 0.3 is 0 Å². The molecule has 1 nitrogen and oxygen atoms in total. The van der Waals surface area contributed by atoms with E-state index in [0.29, 0.717) is 6.10 Å². The topological polar surface area (TPSA) is 9.23 Å². The molecule has 1 aromatic rings. The highest BCUT2D eigenvalue weighted by Crippen LogP contribution is 2.38. The van der Waals surface area contributed by atoms with E-state index >= 15 is 0 Å². The van der Waals surface area contributed by atoms with Crippen molar-refractivity contribution in [3.8, 4) is 5.75 Å². The molecule has 1 aliphatic rings. The Morgan fingerprint density at radius 1 is 1.27 bits per heavy atom. The van der Waals surface area contributed by atoms with Gasteiger partial charge in [0, 0.05) is 0 Å². The molecule has 82 valence electrons. The number of hydrogen-bond acceptors (Lipinski definition) is 1. The van der Waals surface area contributed by atoms with Crippen LogP contribution in [0, 0.1) is 0 Å². The Bertz CT molecular complexity index is 361. The molecule has 1 saturated carbocycles. The Morgan fingerprint density at radius 2 is 1.93 bits per heavy atom. The van der Waals surface area contributed by atoms with Crippen molar-refractivity contribution in [3.05, 3.63) is 28.2 Å². The van der Waals surface area contributed by atoms with Crippen molar-refractivity contribution < 1.29 is 4.74 Å². The smallest absolute Gasteiger partial charge is 0.134 e. The van der Waals surface area contributed by atoms with Crippen molar-refractivity contribution in [1.82, 2.24) is 0 Å². The Hall–Kier alpha value is -0.500. The summed E-state index contributed by atoms with van der Waals surface area (Å²) in [6.07, 6.45) is 2.86. The first-order valence-corrected chi connectivity index (χ1v) is 6.23. The average molecular weight is 269 g/mol. The fourth-order valence-corrected chi connectivity index (χ4v) is 2.50. The lowest BCUT2D eigenvalue weighted by Gasteiger charge is -2.22. The van der Waals surface area contributed by atoms with Gasteiger partial charge in [-0.3, -0.25) is 0 Å². The summed E-state index contributed by atoms with van der Waals surface area (Å²) in [5.74, 6) is 0.991. The van der Waals surface area contributed by atoms with Crippen molar-refractivity contribution in [1.29, 1.82) is 0 Å². The summed E-state index contributed by atoms with van der Waals surface area (Å²) < 4.78 is 6.96. The molecule has 0 N–H and O–H groups in total. The summed E-state index contributed by atoms with van der Waals surface area (Å²) in [5.41, 5.74) is 1.46. The monoisotopic (exact) mass is 268 g/mol. The van der Waals surface area contributed by atoms with Gasteiger partial charge in [0.05, 0.1) is 10.6 Å². The lowest BCUT2D eigenvalue weighted by Crippen LogP contribution is -2.12. The maximum absolute atomic E-state index is 5.85. The van der Waals surface area contributed by atoms with Crippen LogP contribution in [0.4, 0.5) is 0 Å². The fraction of sp³-hybridized carbons (Fsp3) is 0.538. The van der Waals surface area contributed by atoms with E-state index in [1.807, 2.05) is 6.07 Å². The maximum atomic E-state index is 5.85. The van der Waals surface area contributed by atoms with Crippen molar-refractivity contribution in [2.24, 2.45) is 0 Å². The maximum Gasteiger partial charge on any atom is 0.134 e. The van der Waals surface area contributed by atoms with Gasteiger partial charge in [-0.2, -0.15) is 0 Å². The average Bonchev–Trinajstić information content (AvgIpc) is 2.90. The molecule has 1 fully saturated rings. The molecule has 2 heteroatoms. The molecular formula is C13H17BrO. The van der Waals surface area contributed by atoms with E-state index in [1.54, 1.807) is 0 Å². The predicted octanol–water partition coefficient (Wildman–Crippen LogP) is 4.29. The third kappa shape index (κ3) is 2.54. The van der Waals surface area contributed by atoms with Gasteiger partial charge in [0.15, 0.2) is 0 Å². The number of rotatable bonds is 2. The van der Waals surface area contributed by atoms with Crippen molar-refractivity contribution in [3.63, 3.8) is 0 Å². The minimum Gasteiger partial charge on any atom is -0.489 e. The van der Waals surface area contributed by atoms with Gasteiger partial charge in [0.1, 0.15) is 5.75 Å². The van der Waals surface area contributed by atoms with Crippen LogP contribution >= 0.6 is 15.9 Å². The lowest BCUT2D eigenvalue weighted by molar-refractivity contribution is 0.300. The van der Waals surface area contributed by atoms with Crippen LogP contribution in [0.2, 0.25) is 0 Å². The van der Waals surface area contributed by atoms with Gasteiger partial charge in [-0.1, -0.05) is 32.9 Å². The number of benzene rings is 1. The predicted molar refractivity (Wildman–Crippen MR) is 66.5 cm³/mol. The van der Waals surface area contributed by atoms with Gasteiger partial charge in [-0.05, 0) is 45.8 Å². The summed E-state index contributed by atoms with van der Waals surface area (Å²) >= 11 is 3.65. The molecule has 0 saturated heterocycles. The van der Waals surface area contributed by atoms with Gasteiger partial charge in [-0.25, -0.2) is 0 Å². The third-order valence-corrected chi connectivity index (χ3v) is 3.41. The zero-order valence-corrected chi connectivity index (χ0v) is 11.1. The van der Waals surface area contributed by atoms with Crippen LogP contribution in [0.25, 0.3) is 0 Å². The highest BCUT2D eigenvalue weighted by atomic mass is 79.9. The Kier molecular flexibility index (Phi) is 2.80. The van der Waals surface area contributed by atoms with E-state index in [0.717, 1.165) is 10.2 Å². The van der Waals surface area contributed by atoms with Crippen LogP contribution < -0.4 is 4.74 Å². The van der Waals surface area contributed by atoms with E-state index in [4.69, 9.17) is 4.74 Å². The second-order valence-corrected chi connectivity index (χ2v) is 5.98. The number of ether oxygens (including phenoxy) is 1. The quantitative estimate of drug-likeness (QED) is 0.778. The molecule has 0 aromatic heterocycles. The molecule has 0 aliphatic heterocycles. The third-order valence-electron chi connectivity index (χ3n) is 2.59. The number of halogens is 1. The fourth-order valence-electron chi connectivity index (χ4n) is 1.55. The molecule has 1 aromatic carbocycles. The van der Waals surface area contributed by atoms with E-state index in [1.165, 1.54) is 18.4 Å². The molecule has 2 rings (SSSR count). The molecule has 1 aliphatic carbocycles. The van der Waals surface area contributed by atoms with E-state index in [9.17, 15) is 0 Å². The Labute approximate surface area is 100.0 Å². The molecule has 0 amide bonds. The van der Waals surface area contributed by atoms with Gasteiger partial charge in [0.25, 0.3) is 0 Å². The zero-order valence-electron chi connectivity index (χ0n) is 9.51. The van der Waals surface area contributed by atoms with Crippen LogP contribution in [-0.4, -0.2) is 6.10 Å². The van der Waals surface area contributed by atoms with Crippen LogP contribution in [0.5, 0.6) is 5.75 Å². The van der Waals surface area contributed by atoms with E-state index in [2.05, 4.69) is 48.8 Å². The molecular weight excluding hydrogens is 252 g/mol. The van der Waals surface area contributed by atoms with Crippen LogP contribution in [0.1, 0.15) is 39.2 Å². The molecule has 15 heavy (non-hydrogen) atoms. The minimum absolute atomic E-state index is 0.155. The summed E-state index contributed by atoms with van der Waals surface area (Å²) in [7, 11) is 0. The van der Waals surface area contributed by atoms with Crippen LogP contribution in [0.15, 0.2) is 22.7 Å². The summed E-state index contributed by atoms with van der Waals surface area (Å²) in [4.78, 5) is 0. The van der Waals surface area contributed by atoms with Crippen molar-refractivity contribution in [2.75, 3.05) is 0 Å². The van der Waals surface area contributed by atoms with Gasteiger partial charge in [-0.15, -0.1) is 0 Å². The largest absolute Gasteiger partial charge is 0.489 e. The van der Waals surface area contributed by atoms with E-state index < -0.39 is 0 Å². The SMILES string of the molecule is CC(C)(C)c1cccc(OC2CC2)c1Br. The highest BCUT2D eigenvalue weighted by Gasteiger charge is 2.26. The van der Waals surface area contributed by atoms with E-state index in [-0.39, 0.29) is 5.41 Å². The van der Waals surface area contributed by atoms with Gasteiger partial charge < -0.3 is 4.74 Å². The number of hydrogen-bond donors (Lipinski definition) is 0. The highest BCUT2D eigenvalue weighted by molar-refractivity contribution is 9.10. The van der Waals surface area contributed by atoms with Gasteiger partial charge in [0.2, 0.25) is 0 Å². The molecule has 0 bridgehead atoms. The Morgan fingerprint density at radius 3 is 2.47 bits per heavy atom. The van der Waals surface area contributed by atoms with Crippen LogP contribution in [0.3, 0.4) is 0 Å². The summed E-state index contributed by atoms with van der Waals surface area (Å²) in [6.45, 7) is 6.65. The Balaban J connectivity index is 2.31. The lowest BCUT2D eigenvalue weighted by atomic mass is 9.87. The second-order valence-electron chi connectivity index (χ2n) is 5.18. The van der Waals surface area contributed by atoms with Crippen molar-refractivity contribution in [2.45, 2.75) is 45.1 Å². The molecule has 0 atom stereocenters. The molecule has 0 radical (unpaired) electrons. The first-order valence-electron chi connectivity index (χ1n) is 5.44. The van der Waals surface area contributed by atoms with Crippen LogP contribution in [-0.2, 0) is 5.41 Å². The first kappa shape index (κ1) is 11.0. The standard InChI is InChI=1S/C13H17BrO/c1-13(2,3)10-5-4-6-11(12(10)14)15-9-7-8-9/h4-6,9H,7-8H2,1-3H3. The van der Waals surface area contributed by atoms with Crippen molar-refractivity contribution >= 4 is 15.9 Å². The normalized spacial score (nSPS) is 16.5. The molecule has 0 heterocycles. The first-order chi connectivity index (χ1) is 6.98. The molecule has 0 unspecified atom stereocenters. The summed E-state index contributed by atoms with van der Waals surface area (Å²) in [5, 5.41) is 0. The zero-order chi connectivity index (χ0) is 11.1. The summed E-state index contributed by atoms with van der Waals surface area (Å²) in [6, 6.07) is 6.27.